The van der Waals surface area contributed by atoms with Crippen molar-refractivity contribution in [2.45, 2.75) is 30.6 Å². The molecule has 3 rings (SSSR count). The Hall–Kier alpha value is -1.38. The first-order chi connectivity index (χ1) is 9.06. The van der Waals surface area contributed by atoms with Crippen LogP contribution in [0, 0.1) is 22.7 Å². The summed E-state index contributed by atoms with van der Waals surface area (Å²) in [6.45, 7) is 0.556. The van der Waals surface area contributed by atoms with E-state index in [0.29, 0.717) is 12.1 Å². The molecule has 1 N–H and O–H groups in total. The van der Waals surface area contributed by atoms with Gasteiger partial charge in [-0.25, -0.2) is 13.1 Å². The first kappa shape index (κ1) is 12.6. The van der Waals surface area contributed by atoms with Crippen molar-refractivity contribution < 1.29 is 8.42 Å². The number of hydrogen-bond acceptors (Lipinski definition) is 3. The summed E-state index contributed by atoms with van der Waals surface area (Å²) in [7, 11) is -3.44. The highest BCUT2D eigenvalue weighted by molar-refractivity contribution is 7.89. The van der Waals surface area contributed by atoms with E-state index in [1.807, 2.05) is 6.07 Å². The summed E-state index contributed by atoms with van der Waals surface area (Å²) < 4.78 is 27.0. The van der Waals surface area contributed by atoms with Crippen molar-refractivity contribution in [1.82, 2.24) is 4.72 Å². The molecule has 2 saturated carbocycles. The fraction of sp³-hybridized carbons (Fsp3) is 0.500. The van der Waals surface area contributed by atoms with Crippen LogP contribution in [0.2, 0.25) is 0 Å². The van der Waals surface area contributed by atoms with Gasteiger partial charge < -0.3 is 0 Å². The zero-order valence-electron chi connectivity index (χ0n) is 10.6. The lowest BCUT2D eigenvalue weighted by atomic mass is 10.0. The summed E-state index contributed by atoms with van der Waals surface area (Å²) in [5.41, 5.74) is 0.718. The van der Waals surface area contributed by atoms with Gasteiger partial charge in [-0.2, -0.15) is 5.26 Å². The molecule has 0 radical (unpaired) electrons. The summed E-state index contributed by atoms with van der Waals surface area (Å²) in [6, 6.07) is 8.01. The maximum Gasteiger partial charge on any atom is 0.240 e. The average Bonchev–Trinajstić information content (AvgIpc) is 3.29. The summed E-state index contributed by atoms with van der Waals surface area (Å²) in [4.78, 5) is 0.234. The molecule has 19 heavy (non-hydrogen) atoms. The van der Waals surface area contributed by atoms with Crippen molar-refractivity contribution in [2.75, 3.05) is 6.54 Å². The normalized spacial score (nSPS) is 20.8. The lowest BCUT2D eigenvalue weighted by Crippen LogP contribution is -2.31. The molecular formula is C14H16N2O2S. The number of rotatable bonds is 5. The Bertz CT molecular complexity index is 620. The Morgan fingerprint density at radius 1 is 1.26 bits per heavy atom. The van der Waals surface area contributed by atoms with Crippen LogP contribution in [0.5, 0.6) is 0 Å². The molecule has 100 valence electrons. The van der Waals surface area contributed by atoms with Gasteiger partial charge in [0.25, 0.3) is 0 Å². The van der Waals surface area contributed by atoms with E-state index in [1.165, 1.54) is 37.1 Å². The first-order valence-corrected chi connectivity index (χ1v) is 8.04. The lowest BCUT2D eigenvalue weighted by molar-refractivity contribution is 0.432. The molecule has 0 amide bonds. The summed E-state index contributed by atoms with van der Waals surface area (Å²) in [5.74, 6) is 0.733. The summed E-state index contributed by atoms with van der Waals surface area (Å²) in [6.07, 6.45) is 4.79. The molecule has 0 bridgehead atoms. The van der Waals surface area contributed by atoms with Crippen molar-refractivity contribution >= 4 is 10.0 Å². The van der Waals surface area contributed by atoms with E-state index < -0.39 is 10.0 Å². The Balaban J connectivity index is 1.70. The molecular weight excluding hydrogens is 260 g/mol. The molecule has 2 aliphatic carbocycles. The smallest absolute Gasteiger partial charge is 0.211 e. The third-order valence-corrected chi connectivity index (χ3v) is 5.66. The van der Waals surface area contributed by atoms with Gasteiger partial charge in [0.1, 0.15) is 0 Å². The van der Waals surface area contributed by atoms with Gasteiger partial charge >= 0.3 is 0 Å². The Kier molecular flexibility index (Phi) is 2.88. The number of hydrogen-bond donors (Lipinski definition) is 1. The molecule has 5 heteroatoms. The van der Waals surface area contributed by atoms with Crippen molar-refractivity contribution in [3.63, 3.8) is 0 Å². The minimum absolute atomic E-state index is 0.234. The van der Waals surface area contributed by atoms with Crippen LogP contribution in [-0.4, -0.2) is 15.0 Å². The van der Waals surface area contributed by atoms with Crippen LogP contribution >= 0.6 is 0 Å². The predicted molar refractivity (Wildman–Crippen MR) is 70.7 cm³/mol. The van der Waals surface area contributed by atoms with E-state index >= 15 is 0 Å². The van der Waals surface area contributed by atoms with E-state index in [4.69, 9.17) is 5.26 Å². The van der Waals surface area contributed by atoms with E-state index in [9.17, 15) is 8.42 Å². The molecule has 0 atom stereocenters. The van der Waals surface area contributed by atoms with Gasteiger partial charge in [-0.05, 0) is 61.3 Å². The molecule has 0 unspecified atom stereocenters. The number of benzene rings is 1. The van der Waals surface area contributed by atoms with Crippen LogP contribution in [0.15, 0.2) is 29.2 Å². The fourth-order valence-electron chi connectivity index (χ4n) is 2.62. The standard InChI is InChI=1S/C14H16N2O2S/c15-9-11-1-5-13(6-2-11)19(17,18)16-10-14(7-8-14)12-3-4-12/h1-2,5-6,12,16H,3-4,7-8,10H2. The minimum atomic E-state index is -3.44. The number of sulfonamides is 1. The van der Waals surface area contributed by atoms with Crippen LogP contribution in [0.25, 0.3) is 0 Å². The SMILES string of the molecule is N#Cc1ccc(S(=O)(=O)NCC2(C3CC3)CC2)cc1. The summed E-state index contributed by atoms with van der Waals surface area (Å²) >= 11 is 0. The highest BCUT2D eigenvalue weighted by atomic mass is 32.2. The maximum atomic E-state index is 12.2. The molecule has 0 saturated heterocycles. The zero-order chi connectivity index (χ0) is 13.5. The monoisotopic (exact) mass is 276 g/mol. The van der Waals surface area contributed by atoms with Gasteiger partial charge in [0.2, 0.25) is 10.0 Å². The molecule has 0 aliphatic heterocycles. The number of nitrogens with zero attached hydrogens (tertiary/aromatic N) is 1. The van der Waals surface area contributed by atoms with E-state index in [0.717, 1.165) is 18.8 Å². The van der Waals surface area contributed by atoms with Crippen LogP contribution in [0.1, 0.15) is 31.2 Å². The average molecular weight is 276 g/mol. The van der Waals surface area contributed by atoms with Gasteiger partial charge in [-0.1, -0.05) is 0 Å². The van der Waals surface area contributed by atoms with Gasteiger partial charge in [0.05, 0.1) is 16.5 Å². The molecule has 0 spiro atoms. The van der Waals surface area contributed by atoms with Crippen molar-refractivity contribution in [2.24, 2.45) is 11.3 Å². The van der Waals surface area contributed by atoms with Crippen LogP contribution in [0.4, 0.5) is 0 Å². The second-order valence-electron chi connectivity index (χ2n) is 5.60. The summed E-state index contributed by atoms with van der Waals surface area (Å²) in [5, 5.41) is 8.70. The van der Waals surface area contributed by atoms with Gasteiger partial charge in [0.15, 0.2) is 0 Å². The zero-order valence-corrected chi connectivity index (χ0v) is 11.4. The molecule has 0 heterocycles. The second-order valence-corrected chi connectivity index (χ2v) is 7.36. The van der Waals surface area contributed by atoms with E-state index in [1.54, 1.807) is 0 Å². The predicted octanol–water partition coefficient (Wildman–Crippen LogP) is 2.03. The van der Waals surface area contributed by atoms with Crippen molar-refractivity contribution in [3.05, 3.63) is 29.8 Å². The van der Waals surface area contributed by atoms with E-state index in [-0.39, 0.29) is 10.3 Å². The second kappa shape index (κ2) is 4.32. The Morgan fingerprint density at radius 2 is 1.89 bits per heavy atom. The van der Waals surface area contributed by atoms with E-state index in [2.05, 4.69) is 4.72 Å². The van der Waals surface area contributed by atoms with Gasteiger partial charge in [-0.15, -0.1) is 0 Å². The van der Waals surface area contributed by atoms with Crippen LogP contribution < -0.4 is 4.72 Å². The van der Waals surface area contributed by atoms with Crippen LogP contribution in [-0.2, 0) is 10.0 Å². The number of nitriles is 1. The van der Waals surface area contributed by atoms with Gasteiger partial charge in [-0.3, -0.25) is 0 Å². The lowest BCUT2D eigenvalue weighted by Gasteiger charge is -2.15. The number of nitrogens with one attached hydrogen (secondary N) is 1. The maximum absolute atomic E-state index is 12.2. The van der Waals surface area contributed by atoms with Crippen molar-refractivity contribution in [1.29, 1.82) is 5.26 Å². The largest absolute Gasteiger partial charge is 0.240 e. The highest BCUT2D eigenvalue weighted by Crippen LogP contribution is 2.60. The molecule has 1 aromatic carbocycles. The Labute approximate surface area is 113 Å². The molecule has 1 aromatic rings. The van der Waals surface area contributed by atoms with Crippen molar-refractivity contribution in [3.8, 4) is 6.07 Å². The quantitative estimate of drug-likeness (QED) is 0.894. The molecule has 2 fully saturated rings. The van der Waals surface area contributed by atoms with Gasteiger partial charge in [0, 0.05) is 6.54 Å². The third-order valence-electron chi connectivity index (χ3n) is 4.24. The highest BCUT2D eigenvalue weighted by Gasteiger charge is 2.53. The molecule has 0 aromatic heterocycles. The molecule has 4 nitrogen and oxygen atoms in total. The third kappa shape index (κ3) is 2.51. The fourth-order valence-corrected chi connectivity index (χ4v) is 3.75. The van der Waals surface area contributed by atoms with Crippen LogP contribution in [0.3, 0.4) is 0 Å². The Morgan fingerprint density at radius 3 is 2.37 bits per heavy atom. The first-order valence-electron chi connectivity index (χ1n) is 6.56. The molecule has 2 aliphatic rings. The minimum Gasteiger partial charge on any atom is -0.211 e. The topological polar surface area (TPSA) is 70.0 Å².